The highest BCUT2D eigenvalue weighted by Crippen LogP contribution is 2.45. The first-order valence-electron chi connectivity index (χ1n) is 15.7. The van der Waals surface area contributed by atoms with Crippen LogP contribution in [0, 0.1) is 5.92 Å². The van der Waals surface area contributed by atoms with Gasteiger partial charge in [0.1, 0.15) is 0 Å². The van der Waals surface area contributed by atoms with Crippen LogP contribution in [0.3, 0.4) is 0 Å². The molecule has 1 fully saturated rings. The zero-order chi connectivity index (χ0) is 31.6. The number of fused-ring (bicyclic) bond motifs is 2. The summed E-state index contributed by atoms with van der Waals surface area (Å²) in [4.78, 5) is 43.1. The van der Waals surface area contributed by atoms with Crippen molar-refractivity contribution < 1.29 is 24.6 Å². The van der Waals surface area contributed by atoms with Gasteiger partial charge in [0.25, 0.3) is 5.91 Å². The molecule has 3 aliphatic rings. The summed E-state index contributed by atoms with van der Waals surface area (Å²) in [5, 5.41) is 28.1. The summed E-state index contributed by atoms with van der Waals surface area (Å²) >= 11 is 0. The summed E-state index contributed by atoms with van der Waals surface area (Å²) in [6.45, 7) is 3.15. The Balaban J connectivity index is 1.15. The van der Waals surface area contributed by atoms with Gasteiger partial charge >= 0.3 is 0 Å². The van der Waals surface area contributed by atoms with Crippen LogP contribution in [-0.2, 0) is 39.5 Å². The van der Waals surface area contributed by atoms with Crippen molar-refractivity contribution in [2.45, 2.75) is 63.4 Å². The third-order valence-electron chi connectivity index (χ3n) is 9.35. The molecule has 9 heteroatoms. The van der Waals surface area contributed by atoms with Crippen LogP contribution < -0.4 is 15.5 Å². The van der Waals surface area contributed by atoms with Crippen molar-refractivity contribution in [3.63, 3.8) is 0 Å². The van der Waals surface area contributed by atoms with Gasteiger partial charge < -0.3 is 30.6 Å². The number of para-hydroxylation sites is 1. The van der Waals surface area contributed by atoms with E-state index in [1.807, 2.05) is 60.7 Å². The molecule has 0 saturated carbocycles. The molecular formula is C36H40N4O5. The van der Waals surface area contributed by atoms with Gasteiger partial charge in [0.2, 0.25) is 11.8 Å². The first-order chi connectivity index (χ1) is 21.8. The molecule has 45 heavy (non-hydrogen) atoms. The molecule has 6 rings (SSSR count). The lowest BCUT2D eigenvalue weighted by Gasteiger charge is -2.36. The van der Waals surface area contributed by atoms with Gasteiger partial charge in [0.05, 0.1) is 30.9 Å². The Morgan fingerprint density at radius 2 is 1.87 bits per heavy atom. The largest absolute Gasteiger partial charge is 0.394 e. The minimum Gasteiger partial charge on any atom is -0.394 e. The number of rotatable bonds is 9. The molecule has 0 aromatic heterocycles. The number of hydrogen-bond donors (Lipinski definition) is 4. The second-order valence-corrected chi connectivity index (χ2v) is 12.3. The Hall–Kier alpha value is -4.31. The van der Waals surface area contributed by atoms with E-state index in [4.69, 9.17) is 0 Å². The minimum atomic E-state index is -1.81. The highest BCUT2D eigenvalue weighted by Gasteiger charge is 2.52. The second-order valence-electron chi connectivity index (χ2n) is 12.3. The van der Waals surface area contributed by atoms with Crippen molar-refractivity contribution in [3.05, 3.63) is 107 Å². The number of carbonyl (C=O) groups is 3. The van der Waals surface area contributed by atoms with Crippen molar-refractivity contribution in [1.82, 2.24) is 10.2 Å². The van der Waals surface area contributed by atoms with E-state index < -0.39 is 17.4 Å². The molecule has 9 nitrogen and oxygen atoms in total. The number of anilines is 2. The summed E-state index contributed by atoms with van der Waals surface area (Å²) < 4.78 is 0. The fourth-order valence-electron chi connectivity index (χ4n) is 6.80. The zero-order valence-corrected chi connectivity index (χ0v) is 25.5. The number of amides is 3. The van der Waals surface area contributed by atoms with Crippen LogP contribution in [-0.4, -0.2) is 58.1 Å². The van der Waals surface area contributed by atoms with E-state index in [2.05, 4.69) is 10.6 Å². The van der Waals surface area contributed by atoms with E-state index in [1.54, 1.807) is 41.0 Å². The molecule has 234 valence electrons. The van der Waals surface area contributed by atoms with Gasteiger partial charge in [-0.15, -0.1) is 0 Å². The molecule has 3 heterocycles. The lowest BCUT2D eigenvalue weighted by molar-refractivity contribution is -0.139. The third kappa shape index (κ3) is 6.03. The highest BCUT2D eigenvalue weighted by molar-refractivity contribution is 6.07. The first-order valence-corrected chi connectivity index (χ1v) is 15.7. The monoisotopic (exact) mass is 608 g/mol. The van der Waals surface area contributed by atoms with Gasteiger partial charge in [-0.05, 0) is 60.7 Å². The predicted molar refractivity (Wildman–Crippen MR) is 172 cm³/mol. The quantitative estimate of drug-likeness (QED) is 0.275. The van der Waals surface area contributed by atoms with Crippen molar-refractivity contribution in [2.24, 2.45) is 5.92 Å². The molecule has 0 unspecified atom stereocenters. The lowest BCUT2D eigenvalue weighted by Crippen LogP contribution is -2.46. The molecule has 4 atom stereocenters. The van der Waals surface area contributed by atoms with Crippen LogP contribution in [0.25, 0.3) is 0 Å². The van der Waals surface area contributed by atoms with Gasteiger partial charge in [0.15, 0.2) is 5.60 Å². The summed E-state index contributed by atoms with van der Waals surface area (Å²) in [5.74, 6) is -1.25. The second kappa shape index (κ2) is 13.0. The van der Waals surface area contributed by atoms with Crippen molar-refractivity contribution in [3.8, 4) is 0 Å². The molecular weight excluding hydrogens is 568 g/mol. The molecule has 0 spiro atoms. The van der Waals surface area contributed by atoms with Gasteiger partial charge in [0, 0.05) is 30.1 Å². The van der Waals surface area contributed by atoms with E-state index in [0.717, 1.165) is 36.1 Å². The summed E-state index contributed by atoms with van der Waals surface area (Å²) in [7, 11) is 0. The van der Waals surface area contributed by atoms with Crippen molar-refractivity contribution >= 4 is 29.1 Å². The molecule has 1 saturated heterocycles. The normalized spacial score (nSPS) is 23.2. The van der Waals surface area contributed by atoms with Crippen molar-refractivity contribution in [2.75, 3.05) is 23.4 Å². The van der Waals surface area contributed by atoms with E-state index in [9.17, 15) is 24.6 Å². The van der Waals surface area contributed by atoms with Crippen LogP contribution >= 0.6 is 0 Å². The average molecular weight is 609 g/mol. The van der Waals surface area contributed by atoms with Crippen LogP contribution in [0.2, 0.25) is 0 Å². The Labute approximate surface area is 263 Å². The molecule has 4 N–H and O–H groups in total. The number of aliphatic hydroxyl groups excluding tert-OH is 1. The summed E-state index contributed by atoms with van der Waals surface area (Å²) in [6.07, 6.45) is 5.91. The predicted octanol–water partition coefficient (Wildman–Crippen LogP) is 3.64. The molecule has 3 aliphatic heterocycles. The van der Waals surface area contributed by atoms with Crippen LogP contribution in [0.4, 0.5) is 11.4 Å². The molecule has 3 aromatic rings. The minimum absolute atomic E-state index is 0.0716. The standard InChI is InChI=1S/C36H40N4O5/c1-24(9-6-17-33(42)39-22-27-12-3-2-11-26(27)20-29(39)23-41)36(45)30-14-4-5-16-32(30)40(35(36)44)21-25-10-7-13-28(19-25)38-34(43)31-15-8-18-37-31/h2-7,9-14,16,19,24,29,31,37,41,45H,8,15,17-18,20-23H2,1H3,(H,38,43)/b9-6+/t24-,29+,31-,36+/m1/s1. The fourth-order valence-corrected chi connectivity index (χ4v) is 6.80. The van der Waals surface area contributed by atoms with E-state index in [1.165, 1.54) is 0 Å². The van der Waals surface area contributed by atoms with Crippen LogP contribution in [0.15, 0.2) is 84.9 Å². The smallest absolute Gasteiger partial charge is 0.264 e. The SMILES string of the molecule is C[C@H](/C=C/CC(=O)N1Cc2ccccc2C[C@H]1CO)[C@@]1(O)C(=O)N(Cc2cccc(NC(=O)[C@H]3CCCN3)c2)c2ccccc21. The van der Waals surface area contributed by atoms with E-state index in [-0.39, 0.29) is 43.5 Å². The molecule has 0 bridgehead atoms. The third-order valence-corrected chi connectivity index (χ3v) is 9.35. The Bertz CT molecular complexity index is 1620. The first kappa shape index (κ1) is 30.7. The maximum absolute atomic E-state index is 14.0. The van der Waals surface area contributed by atoms with Gasteiger partial charge in [-0.3, -0.25) is 14.4 Å². The number of aliphatic hydroxyl groups is 2. The van der Waals surface area contributed by atoms with Gasteiger partial charge in [-0.2, -0.15) is 0 Å². The number of benzene rings is 3. The summed E-state index contributed by atoms with van der Waals surface area (Å²) in [5.41, 5.74) is 3.03. The maximum Gasteiger partial charge on any atom is 0.264 e. The van der Waals surface area contributed by atoms with E-state index in [0.29, 0.717) is 29.9 Å². The maximum atomic E-state index is 14.0. The summed E-state index contributed by atoms with van der Waals surface area (Å²) in [6, 6.07) is 22.1. The molecule has 0 aliphatic carbocycles. The Morgan fingerprint density at radius 1 is 1.09 bits per heavy atom. The lowest BCUT2D eigenvalue weighted by atomic mass is 9.83. The molecule has 0 radical (unpaired) electrons. The average Bonchev–Trinajstić information content (AvgIpc) is 3.68. The zero-order valence-electron chi connectivity index (χ0n) is 25.5. The number of nitrogens with one attached hydrogen (secondary N) is 2. The number of hydrogen-bond acceptors (Lipinski definition) is 6. The molecule has 3 aromatic carbocycles. The van der Waals surface area contributed by atoms with Gasteiger partial charge in [-0.25, -0.2) is 0 Å². The Kier molecular flexibility index (Phi) is 8.85. The Morgan fingerprint density at radius 3 is 2.64 bits per heavy atom. The highest BCUT2D eigenvalue weighted by atomic mass is 16.3. The van der Waals surface area contributed by atoms with E-state index >= 15 is 0 Å². The fraction of sp³-hybridized carbons (Fsp3) is 0.361. The number of nitrogens with zero attached hydrogens (tertiary/aromatic N) is 2. The van der Waals surface area contributed by atoms with Crippen molar-refractivity contribution in [1.29, 1.82) is 0 Å². The van der Waals surface area contributed by atoms with Crippen LogP contribution in [0.5, 0.6) is 0 Å². The van der Waals surface area contributed by atoms with Gasteiger partial charge in [-0.1, -0.05) is 73.7 Å². The van der Waals surface area contributed by atoms with Crippen LogP contribution in [0.1, 0.15) is 48.4 Å². The number of carbonyl (C=O) groups excluding carboxylic acids is 3. The topological polar surface area (TPSA) is 122 Å². The molecule has 3 amide bonds.